The number of nitrogens with one attached hydrogen (secondary N) is 1. The van der Waals surface area contributed by atoms with Crippen molar-refractivity contribution in [2.24, 2.45) is 0 Å². The number of carbonyl (C=O) groups excluding carboxylic acids is 1. The first-order valence-corrected chi connectivity index (χ1v) is 10.2. The summed E-state index contributed by atoms with van der Waals surface area (Å²) < 4.78 is 29.7. The number of hydrogen-bond acceptors (Lipinski definition) is 5. The number of para-hydroxylation sites is 1. The minimum atomic E-state index is -3.45. The molecule has 1 amide bonds. The first-order chi connectivity index (χ1) is 13.4. The normalized spacial score (nSPS) is 11.0. The summed E-state index contributed by atoms with van der Waals surface area (Å²) in [6, 6.07) is 19.5. The van der Waals surface area contributed by atoms with E-state index in [0.29, 0.717) is 17.1 Å². The van der Waals surface area contributed by atoms with Gasteiger partial charge in [0.05, 0.1) is 16.3 Å². The van der Waals surface area contributed by atoms with Gasteiger partial charge in [-0.15, -0.1) is 0 Å². The van der Waals surface area contributed by atoms with Gasteiger partial charge in [-0.1, -0.05) is 25.1 Å². The lowest BCUT2D eigenvalue weighted by atomic mass is 10.2. The zero-order valence-corrected chi connectivity index (χ0v) is 15.9. The van der Waals surface area contributed by atoms with Crippen LogP contribution in [0.5, 0.6) is 17.2 Å². The molecule has 0 fully saturated rings. The minimum absolute atomic E-state index is 0.0316. The molecule has 7 heteroatoms. The maximum Gasteiger partial charge on any atom is 0.255 e. The van der Waals surface area contributed by atoms with Crippen LogP contribution in [0.1, 0.15) is 17.3 Å². The molecule has 0 unspecified atom stereocenters. The van der Waals surface area contributed by atoms with E-state index in [-0.39, 0.29) is 22.1 Å². The fourth-order valence-electron chi connectivity index (χ4n) is 2.47. The smallest absolute Gasteiger partial charge is 0.255 e. The van der Waals surface area contributed by atoms with E-state index in [9.17, 15) is 18.3 Å². The molecule has 28 heavy (non-hydrogen) atoms. The van der Waals surface area contributed by atoms with Crippen molar-refractivity contribution in [3.05, 3.63) is 78.4 Å². The SMILES string of the molecule is CCS(=O)(=O)c1ccc(O)c(NC(=O)c2ccc(Oc3ccccc3)cc2)c1. The van der Waals surface area contributed by atoms with Gasteiger partial charge < -0.3 is 15.2 Å². The third kappa shape index (κ3) is 4.50. The maximum atomic E-state index is 12.5. The van der Waals surface area contributed by atoms with Crippen molar-refractivity contribution in [1.82, 2.24) is 0 Å². The molecule has 0 heterocycles. The zero-order chi connectivity index (χ0) is 20.1. The van der Waals surface area contributed by atoms with Crippen molar-refractivity contribution in [1.29, 1.82) is 0 Å². The second-order valence-corrected chi connectivity index (χ2v) is 8.25. The van der Waals surface area contributed by atoms with E-state index in [0.717, 1.165) is 0 Å². The number of phenols is 1. The lowest BCUT2D eigenvalue weighted by molar-refractivity contribution is 0.102. The van der Waals surface area contributed by atoms with Crippen LogP contribution in [0.3, 0.4) is 0 Å². The minimum Gasteiger partial charge on any atom is -0.506 e. The predicted octanol–water partition coefficient (Wildman–Crippen LogP) is 4.23. The Morgan fingerprint density at radius 1 is 0.964 bits per heavy atom. The molecule has 3 aromatic rings. The highest BCUT2D eigenvalue weighted by atomic mass is 32.2. The van der Waals surface area contributed by atoms with Gasteiger partial charge >= 0.3 is 0 Å². The number of anilines is 1. The van der Waals surface area contributed by atoms with Crippen molar-refractivity contribution in [3.63, 3.8) is 0 Å². The Kier molecular flexibility index (Phi) is 5.65. The third-order valence-electron chi connectivity index (χ3n) is 4.05. The van der Waals surface area contributed by atoms with Crippen LogP contribution in [0.15, 0.2) is 77.7 Å². The van der Waals surface area contributed by atoms with Gasteiger partial charge in [0.25, 0.3) is 5.91 Å². The summed E-state index contributed by atoms with van der Waals surface area (Å²) >= 11 is 0. The molecule has 0 aromatic heterocycles. The molecule has 0 radical (unpaired) electrons. The van der Waals surface area contributed by atoms with E-state index in [1.165, 1.54) is 25.1 Å². The summed E-state index contributed by atoms with van der Waals surface area (Å²) in [5, 5.41) is 12.5. The largest absolute Gasteiger partial charge is 0.506 e. The first kappa shape index (κ1) is 19.4. The Morgan fingerprint density at radius 3 is 2.25 bits per heavy atom. The molecule has 3 aromatic carbocycles. The van der Waals surface area contributed by atoms with Crippen LogP contribution in [-0.2, 0) is 9.84 Å². The van der Waals surface area contributed by atoms with Crippen LogP contribution in [-0.4, -0.2) is 25.2 Å². The quantitative estimate of drug-likeness (QED) is 0.607. The summed E-state index contributed by atoms with van der Waals surface area (Å²) in [5.41, 5.74) is 0.368. The second kappa shape index (κ2) is 8.14. The van der Waals surface area contributed by atoms with Crippen LogP contribution in [0.25, 0.3) is 0 Å². The van der Waals surface area contributed by atoms with Gasteiger partial charge in [-0.2, -0.15) is 0 Å². The van der Waals surface area contributed by atoms with Gasteiger partial charge in [0.2, 0.25) is 0 Å². The molecule has 2 N–H and O–H groups in total. The van der Waals surface area contributed by atoms with Gasteiger partial charge in [-0.3, -0.25) is 4.79 Å². The molecular weight excluding hydrogens is 378 g/mol. The summed E-state index contributed by atoms with van der Waals surface area (Å²) in [6.45, 7) is 1.53. The van der Waals surface area contributed by atoms with E-state index < -0.39 is 15.7 Å². The van der Waals surface area contributed by atoms with Gasteiger partial charge in [0.15, 0.2) is 9.84 Å². The molecule has 0 aliphatic rings. The average molecular weight is 397 g/mol. The number of aromatic hydroxyl groups is 1. The highest BCUT2D eigenvalue weighted by molar-refractivity contribution is 7.91. The Balaban J connectivity index is 1.75. The molecular formula is C21H19NO5S. The Hall–Kier alpha value is -3.32. The van der Waals surface area contributed by atoms with E-state index in [4.69, 9.17) is 4.74 Å². The van der Waals surface area contributed by atoms with Gasteiger partial charge in [-0.25, -0.2) is 8.42 Å². The topological polar surface area (TPSA) is 92.7 Å². The Morgan fingerprint density at radius 2 is 1.61 bits per heavy atom. The van der Waals surface area contributed by atoms with Gasteiger partial charge in [0.1, 0.15) is 17.2 Å². The first-order valence-electron chi connectivity index (χ1n) is 8.59. The number of sulfone groups is 1. The van der Waals surface area contributed by atoms with E-state index in [1.807, 2.05) is 30.3 Å². The van der Waals surface area contributed by atoms with E-state index >= 15 is 0 Å². The lowest BCUT2D eigenvalue weighted by Crippen LogP contribution is -2.13. The monoisotopic (exact) mass is 397 g/mol. The fraction of sp³-hybridized carbons (Fsp3) is 0.0952. The maximum absolute atomic E-state index is 12.5. The van der Waals surface area contributed by atoms with Crippen molar-refractivity contribution < 1.29 is 23.1 Å². The summed E-state index contributed by atoms with van der Waals surface area (Å²) in [4.78, 5) is 12.5. The number of rotatable bonds is 6. The molecule has 0 saturated carbocycles. The van der Waals surface area contributed by atoms with Crippen LogP contribution in [0.4, 0.5) is 5.69 Å². The predicted molar refractivity (Wildman–Crippen MR) is 107 cm³/mol. The molecule has 6 nitrogen and oxygen atoms in total. The van der Waals surface area contributed by atoms with Crippen molar-refractivity contribution >= 4 is 21.4 Å². The lowest BCUT2D eigenvalue weighted by Gasteiger charge is -2.10. The van der Waals surface area contributed by atoms with Crippen LogP contribution in [0, 0.1) is 0 Å². The summed E-state index contributed by atoms with van der Waals surface area (Å²) in [6.07, 6.45) is 0. The van der Waals surface area contributed by atoms with E-state index in [2.05, 4.69) is 5.32 Å². The summed E-state index contributed by atoms with van der Waals surface area (Å²) in [5.74, 6) is 0.480. The van der Waals surface area contributed by atoms with Gasteiger partial charge in [0, 0.05) is 5.56 Å². The van der Waals surface area contributed by atoms with Gasteiger partial charge in [-0.05, 0) is 54.6 Å². The fourth-order valence-corrected chi connectivity index (χ4v) is 3.37. The van der Waals surface area contributed by atoms with Crippen LogP contribution in [0.2, 0.25) is 0 Å². The molecule has 0 bridgehead atoms. The number of carbonyl (C=O) groups is 1. The van der Waals surface area contributed by atoms with Crippen molar-refractivity contribution in [3.8, 4) is 17.2 Å². The van der Waals surface area contributed by atoms with Crippen LogP contribution < -0.4 is 10.1 Å². The molecule has 0 aliphatic carbocycles. The van der Waals surface area contributed by atoms with E-state index in [1.54, 1.807) is 24.3 Å². The standard InChI is InChI=1S/C21H19NO5S/c1-2-28(25,26)18-12-13-20(23)19(14-18)22-21(24)15-8-10-17(11-9-15)27-16-6-4-3-5-7-16/h3-14,23H,2H2,1H3,(H,22,24). The Labute approximate surface area is 163 Å². The molecule has 0 spiro atoms. The molecule has 0 atom stereocenters. The highest BCUT2D eigenvalue weighted by Gasteiger charge is 2.16. The number of hydrogen-bond donors (Lipinski definition) is 2. The molecule has 0 aliphatic heterocycles. The number of phenolic OH excluding ortho intramolecular Hbond substituents is 1. The molecule has 3 rings (SSSR count). The van der Waals surface area contributed by atoms with Crippen molar-refractivity contribution in [2.45, 2.75) is 11.8 Å². The highest BCUT2D eigenvalue weighted by Crippen LogP contribution is 2.28. The number of benzene rings is 3. The molecule has 144 valence electrons. The third-order valence-corrected chi connectivity index (χ3v) is 5.78. The van der Waals surface area contributed by atoms with Crippen LogP contribution >= 0.6 is 0 Å². The second-order valence-electron chi connectivity index (χ2n) is 5.98. The van der Waals surface area contributed by atoms with Crippen molar-refractivity contribution in [2.75, 3.05) is 11.1 Å². The number of amides is 1. The summed E-state index contributed by atoms with van der Waals surface area (Å²) in [7, 11) is -3.45. The Bertz CT molecular complexity index is 1080. The number of ether oxygens (including phenoxy) is 1. The average Bonchev–Trinajstić information content (AvgIpc) is 2.70. The molecule has 0 saturated heterocycles. The zero-order valence-electron chi connectivity index (χ0n) is 15.1.